The van der Waals surface area contributed by atoms with Crippen LogP contribution in [0, 0.1) is 0 Å². The fourth-order valence-electron chi connectivity index (χ4n) is 2.18. The van der Waals surface area contributed by atoms with Gasteiger partial charge < -0.3 is 11.1 Å². The monoisotopic (exact) mass is 218 g/mol. The molecule has 1 atom stereocenters. The second-order valence-corrected chi connectivity index (χ2v) is 4.31. The molecule has 0 bridgehead atoms. The first-order valence-electron chi connectivity index (χ1n) is 5.86. The first-order chi connectivity index (χ1) is 7.65. The topological polar surface area (TPSA) is 55.1 Å². The molecule has 3 N–H and O–H groups in total. The lowest BCUT2D eigenvalue weighted by molar-refractivity contribution is -0.115. The summed E-state index contributed by atoms with van der Waals surface area (Å²) in [6.07, 6.45) is 2.34. The van der Waals surface area contributed by atoms with Crippen molar-refractivity contribution in [3.05, 3.63) is 28.8 Å². The largest absolute Gasteiger partial charge is 0.325 e. The Morgan fingerprint density at radius 3 is 2.81 bits per heavy atom. The Morgan fingerprint density at radius 2 is 2.19 bits per heavy atom. The minimum atomic E-state index is 0.0753. The minimum Gasteiger partial charge on any atom is -0.325 e. The summed E-state index contributed by atoms with van der Waals surface area (Å²) in [6.45, 7) is 4.17. The SMILES string of the molecule is CCc1cc(C(N)CC)cc2c1NC(=O)C2. The second-order valence-electron chi connectivity index (χ2n) is 4.31. The van der Waals surface area contributed by atoms with E-state index in [9.17, 15) is 4.79 Å². The Hall–Kier alpha value is -1.35. The van der Waals surface area contributed by atoms with E-state index >= 15 is 0 Å². The van der Waals surface area contributed by atoms with Crippen molar-refractivity contribution in [1.29, 1.82) is 0 Å². The highest BCUT2D eigenvalue weighted by molar-refractivity contribution is 6.00. The van der Waals surface area contributed by atoms with Crippen LogP contribution in [0.4, 0.5) is 5.69 Å². The number of aryl methyl sites for hydroxylation is 1. The summed E-state index contributed by atoms with van der Waals surface area (Å²) in [5.41, 5.74) is 10.5. The zero-order valence-electron chi connectivity index (χ0n) is 9.84. The molecule has 0 radical (unpaired) electrons. The number of carbonyl (C=O) groups excluding carboxylic acids is 1. The van der Waals surface area contributed by atoms with Gasteiger partial charge in [0.05, 0.1) is 6.42 Å². The van der Waals surface area contributed by atoms with Crippen molar-refractivity contribution in [2.24, 2.45) is 5.73 Å². The number of rotatable bonds is 3. The van der Waals surface area contributed by atoms with E-state index in [1.807, 2.05) is 0 Å². The average molecular weight is 218 g/mol. The maximum atomic E-state index is 11.4. The van der Waals surface area contributed by atoms with Crippen LogP contribution in [0.1, 0.15) is 43.0 Å². The van der Waals surface area contributed by atoms with Crippen molar-refractivity contribution in [3.63, 3.8) is 0 Å². The smallest absolute Gasteiger partial charge is 0.228 e. The van der Waals surface area contributed by atoms with Gasteiger partial charge in [-0.2, -0.15) is 0 Å². The highest BCUT2D eigenvalue weighted by atomic mass is 16.1. The number of hydrogen-bond donors (Lipinski definition) is 2. The van der Waals surface area contributed by atoms with E-state index in [0.717, 1.165) is 29.7 Å². The first-order valence-corrected chi connectivity index (χ1v) is 5.86. The highest BCUT2D eigenvalue weighted by Gasteiger charge is 2.21. The number of nitrogens with one attached hydrogen (secondary N) is 1. The van der Waals surface area contributed by atoms with Gasteiger partial charge in [0, 0.05) is 11.7 Å². The second kappa shape index (κ2) is 4.26. The van der Waals surface area contributed by atoms with Gasteiger partial charge in [-0.05, 0) is 29.5 Å². The van der Waals surface area contributed by atoms with Gasteiger partial charge in [-0.3, -0.25) is 4.79 Å². The summed E-state index contributed by atoms with van der Waals surface area (Å²) in [7, 11) is 0. The molecular weight excluding hydrogens is 200 g/mol. The summed E-state index contributed by atoms with van der Waals surface area (Å²) in [5.74, 6) is 0.0897. The third kappa shape index (κ3) is 1.83. The maximum absolute atomic E-state index is 11.4. The fraction of sp³-hybridized carbons (Fsp3) is 0.462. The molecule has 0 spiro atoms. The van der Waals surface area contributed by atoms with E-state index in [2.05, 4.69) is 31.3 Å². The molecule has 1 aliphatic rings. The number of fused-ring (bicyclic) bond motifs is 1. The fourth-order valence-corrected chi connectivity index (χ4v) is 2.18. The van der Waals surface area contributed by atoms with Gasteiger partial charge in [-0.1, -0.05) is 26.0 Å². The zero-order chi connectivity index (χ0) is 11.7. The lowest BCUT2D eigenvalue weighted by atomic mass is 9.96. The predicted octanol–water partition coefficient (Wildman–Crippen LogP) is 2.15. The molecule has 1 aromatic rings. The van der Waals surface area contributed by atoms with E-state index in [1.165, 1.54) is 5.56 Å². The van der Waals surface area contributed by atoms with Gasteiger partial charge >= 0.3 is 0 Å². The Labute approximate surface area is 96.0 Å². The van der Waals surface area contributed by atoms with Gasteiger partial charge in [0.15, 0.2) is 0 Å². The van der Waals surface area contributed by atoms with E-state index in [1.54, 1.807) is 0 Å². The summed E-state index contributed by atoms with van der Waals surface area (Å²) in [5, 5.41) is 2.92. The molecule has 3 heteroatoms. The summed E-state index contributed by atoms with van der Waals surface area (Å²) < 4.78 is 0. The van der Waals surface area contributed by atoms with Gasteiger partial charge in [0.1, 0.15) is 0 Å². The van der Waals surface area contributed by atoms with Crippen molar-refractivity contribution in [2.75, 3.05) is 5.32 Å². The Balaban J connectivity index is 2.46. The normalized spacial score (nSPS) is 15.8. The Morgan fingerprint density at radius 1 is 1.44 bits per heavy atom. The number of amides is 1. The van der Waals surface area contributed by atoms with Crippen LogP contribution in [0.3, 0.4) is 0 Å². The maximum Gasteiger partial charge on any atom is 0.228 e. The van der Waals surface area contributed by atoms with Crippen LogP contribution in [-0.2, 0) is 17.6 Å². The molecule has 1 aliphatic heterocycles. The highest BCUT2D eigenvalue weighted by Crippen LogP contribution is 2.31. The molecule has 86 valence electrons. The van der Waals surface area contributed by atoms with E-state index < -0.39 is 0 Å². The molecule has 0 aromatic heterocycles. The van der Waals surface area contributed by atoms with Crippen LogP contribution < -0.4 is 11.1 Å². The average Bonchev–Trinajstić information content (AvgIpc) is 2.66. The van der Waals surface area contributed by atoms with Crippen LogP contribution in [0.5, 0.6) is 0 Å². The van der Waals surface area contributed by atoms with Gasteiger partial charge in [0.2, 0.25) is 5.91 Å². The van der Waals surface area contributed by atoms with Crippen LogP contribution >= 0.6 is 0 Å². The van der Waals surface area contributed by atoms with Gasteiger partial charge in [-0.15, -0.1) is 0 Å². The van der Waals surface area contributed by atoms with Crippen molar-refractivity contribution in [3.8, 4) is 0 Å². The number of carbonyl (C=O) groups is 1. The van der Waals surface area contributed by atoms with Crippen LogP contribution in [-0.4, -0.2) is 5.91 Å². The lowest BCUT2D eigenvalue weighted by Gasteiger charge is -2.14. The van der Waals surface area contributed by atoms with E-state index in [4.69, 9.17) is 5.73 Å². The number of nitrogens with two attached hydrogens (primary N) is 1. The third-order valence-corrected chi connectivity index (χ3v) is 3.19. The van der Waals surface area contributed by atoms with Crippen molar-refractivity contribution >= 4 is 11.6 Å². The van der Waals surface area contributed by atoms with Crippen molar-refractivity contribution in [1.82, 2.24) is 0 Å². The Kier molecular flexibility index (Phi) is 2.97. The summed E-state index contributed by atoms with van der Waals surface area (Å²) in [6, 6.07) is 4.27. The molecular formula is C13H18N2O. The van der Waals surface area contributed by atoms with Crippen LogP contribution in [0.25, 0.3) is 0 Å². The lowest BCUT2D eigenvalue weighted by Crippen LogP contribution is -2.09. The number of benzene rings is 1. The standard InChI is InChI=1S/C13H18N2O/c1-3-8-5-9(11(14)4-2)6-10-7-12(16)15-13(8)10/h5-6,11H,3-4,7,14H2,1-2H3,(H,15,16). The van der Waals surface area contributed by atoms with Gasteiger partial charge in [-0.25, -0.2) is 0 Å². The summed E-state index contributed by atoms with van der Waals surface area (Å²) in [4.78, 5) is 11.4. The van der Waals surface area contributed by atoms with Gasteiger partial charge in [0.25, 0.3) is 0 Å². The molecule has 0 fully saturated rings. The molecule has 2 rings (SSSR count). The quantitative estimate of drug-likeness (QED) is 0.816. The molecule has 3 nitrogen and oxygen atoms in total. The molecule has 1 unspecified atom stereocenters. The molecule has 0 saturated heterocycles. The molecule has 0 aliphatic carbocycles. The van der Waals surface area contributed by atoms with E-state index in [-0.39, 0.29) is 11.9 Å². The Bertz CT molecular complexity index is 426. The molecule has 1 heterocycles. The number of hydrogen-bond acceptors (Lipinski definition) is 2. The molecule has 1 amide bonds. The zero-order valence-corrected chi connectivity index (χ0v) is 9.84. The van der Waals surface area contributed by atoms with Crippen LogP contribution in [0.2, 0.25) is 0 Å². The molecule has 16 heavy (non-hydrogen) atoms. The number of anilines is 1. The van der Waals surface area contributed by atoms with Crippen molar-refractivity contribution < 1.29 is 4.79 Å². The third-order valence-electron chi connectivity index (χ3n) is 3.19. The summed E-state index contributed by atoms with van der Waals surface area (Å²) >= 11 is 0. The molecule has 1 aromatic carbocycles. The molecule has 0 saturated carbocycles. The first kappa shape index (κ1) is 11.1. The predicted molar refractivity (Wildman–Crippen MR) is 65.4 cm³/mol. The minimum absolute atomic E-state index is 0.0753. The van der Waals surface area contributed by atoms with Crippen LogP contribution in [0.15, 0.2) is 12.1 Å². The van der Waals surface area contributed by atoms with E-state index in [0.29, 0.717) is 6.42 Å². The van der Waals surface area contributed by atoms with Crippen molar-refractivity contribution in [2.45, 2.75) is 39.2 Å².